The molecule has 11 nitrogen and oxygen atoms in total. The number of nitrogens with one attached hydrogen (secondary N) is 1. The van der Waals surface area contributed by atoms with Gasteiger partial charge in [-0.1, -0.05) is 6.07 Å². The number of pyridine rings is 2. The fourth-order valence-electron chi connectivity index (χ4n) is 7.26. The van der Waals surface area contributed by atoms with Crippen LogP contribution < -0.4 is 10.2 Å². The van der Waals surface area contributed by atoms with Crippen molar-refractivity contribution in [1.82, 2.24) is 29.7 Å². The summed E-state index contributed by atoms with van der Waals surface area (Å²) in [6, 6.07) is 6.66. The maximum atomic E-state index is 13.3. The average molecular weight is 559 g/mol. The molecule has 1 unspecified atom stereocenters. The van der Waals surface area contributed by atoms with Gasteiger partial charge in [-0.05, 0) is 69.7 Å². The summed E-state index contributed by atoms with van der Waals surface area (Å²) < 4.78 is 0. The molecule has 0 spiro atoms. The minimum absolute atomic E-state index is 0.0766. The molecule has 3 saturated heterocycles. The molecule has 0 saturated carbocycles. The molecule has 2 bridgehead atoms. The second-order valence-corrected chi connectivity index (χ2v) is 11.9. The van der Waals surface area contributed by atoms with E-state index in [0.717, 1.165) is 47.4 Å². The van der Waals surface area contributed by atoms with Gasteiger partial charge in [0.25, 0.3) is 0 Å². The number of likely N-dealkylation sites (tertiary alicyclic amines) is 1. The zero-order valence-electron chi connectivity index (χ0n) is 23.5. The Morgan fingerprint density at radius 2 is 1.90 bits per heavy atom. The molecule has 1 amide bonds. The van der Waals surface area contributed by atoms with Crippen molar-refractivity contribution in [3.63, 3.8) is 0 Å². The molecule has 0 aliphatic carbocycles. The van der Waals surface area contributed by atoms with Gasteiger partial charge in [-0.3, -0.25) is 9.69 Å². The predicted octanol–water partition coefficient (Wildman–Crippen LogP) is 2.69. The molecule has 0 radical (unpaired) electrons. The normalized spacial score (nSPS) is 24.7. The fourth-order valence-corrected chi connectivity index (χ4v) is 7.26. The van der Waals surface area contributed by atoms with E-state index in [9.17, 15) is 15.0 Å². The third kappa shape index (κ3) is 4.89. The molecule has 3 aromatic heterocycles. The van der Waals surface area contributed by atoms with Gasteiger partial charge in [-0.25, -0.2) is 19.9 Å². The van der Waals surface area contributed by atoms with E-state index in [-0.39, 0.29) is 18.6 Å². The number of nitrogens with zero attached hydrogens (tertiary/aromatic N) is 7. The number of amides is 1. The molecule has 3 N–H and O–H groups in total. The van der Waals surface area contributed by atoms with Crippen LogP contribution in [0.5, 0.6) is 0 Å². The highest BCUT2D eigenvalue weighted by Gasteiger charge is 2.41. The summed E-state index contributed by atoms with van der Waals surface area (Å²) in [6.07, 6.45) is 8.36. The number of carbonyl (C=O) groups is 1. The van der Waals surface area contributed by atoms with E-state index in [1.54, 1.807) is 13.1 Å². The van der Waals surface area contributed by atoms with Crippen LogP contribution in [0.25, 0.3) is 10.9 Å². The average Bonchev–Trinajstić information content (AvgIpc) is 3.73. The fraction of sp³-hybridized carbons (Fsp3) is 0.567. The Morgan fingerprint density at radius 1 is 1.10 bits per heavy atom. The Morgan fingerprint density at radius 3 is 2.66 bits per heavy atom. The highest BCUT2D eigenvalue weighted by molar-refractivity contribution is 5.90. The monoisotopic (exact) mass is 558 g/mol. The summed E-state index contributed by atoms with van der Waals surface area (Å²) in [5, 5.41) is 23.8. The van der Waals surface area contributed by atoms with Crippen LogP contribution in [0.3, 0.4) is 0 Å². The van der Waals surface area contributed by atoms with Crippen molar-refractivity contribution in [1.29, 1.82) is 0 Å². The minimum atomic E-state index is -0.667. The topological polar surface area (TPSA) is 131 Å². The summed E-state index contributed by atoms with van der Waals surface area (Å²) in [7, 11) is 0. The number of hydrogen-bond acceptors (Lipinski definition) is 10. The molecule has 4 aliphatic heterocycles. The van der Waals surface area contributed by atoms with E-state index in [1.807, 2.05) is 23.1 Å². The molecule has 11 heteroatoms. The second-order valence-electron chi connectivity index (χ2n) is 11.9. The van der Waals surface area contributed by atoms with Crippen molar-refractivity contribution in [3.8, 4) is 0 Å². The maximum Gasteiger partial charge on any atom is 0.240 e. The lowest BCUT2D eigenvalue weighted by Crippen LogP contribution is -2.48. The predicted molar refractivity (Wildman–Crippen MR) is 155 cm³/mol. The van der Waals surface area contributed by atoms with Crippen LogP contribution in [-0.2, 0) is 17.8 Å². The van der Waals surface area contributed by atoms with Crippen LogP contribution >= 0.6 is 0 Å². The van der Waals surface area contributed by atoms with Gasteiger partial charge >= 0.3 is 0 Å². The standard InChI is InChI=1S/C30H38N8O3/c1-18(40)24-15-20-16-31-30(35-27(20)28(33-24)38-21-5-6-22(38)8-7-21)34-26-9-4-19-17-37(12-10-23(19)32-26)29(41)25-3-2-11-36(25)13-14-39/h4,9,15-16,18,21-22,25,39-40H,2-3,5-8,10-14,17H2,1H3,(H,31,32,34,35)/t18?,21?,22?,25-/m1/s1. The number of β-amino-alcohol motifs (C(OH)–C–C–N with tert-alkyl or cyclic N) is 1. The van der Waals surface area contributed by atoms with E-state index in [0.29, 0.717) is 55.6 Å². The van der Waals surface area contributed by atoms with Crippen LogP contribution in [0.2, 0.25) is 0 Å². The van der Waals surface area contributed by atoms with Gasteiger partial charge in [-0.15, -0.1) is 0 Å². The first kappa shape index (κ1) is 26.5. The van der Waals surface area contributed by atoms with Gasteiger partial charge in [0.05, 0.1) is 24.4 Å². The van der Waals surface area contributed by atoms with Gasteiger partial charge < -0.3 is 25.3 Å². The third-order valence-corrected chi connectivity index (χ3v) is 9.33. The molecule has 3 fully saturated rings. The molecule has 7 rings (SSSR count). The van der Waals surface area contributed by atoms with E-state index in [2.05, 4.69) is 20.1 Å². The van der Waals surface area contributed by atoms with Crippen molar-refractivity contribution in [2.75, 3.05) is 36.5 Å². The first-order chi connectivity index (χ1) is 20.0. The summed E-state index contributed by atoms with van der Waals surface area (Å²) in [4.78, 5) is 39.0. The van der Waals surface area contributed by atoms with Gasteiger partial charge in [0.2, 0.25) is 11.9 Å². The lowest BCUT2D eigenvalue weighted by atomic mass is 10.0. The van der Waals surface area contributed by atoms with E-state index < -0.39 is 6.10 Å². The van der Waals surface area contributed by atoms with E-state index in [4.69, 9.17) is 15.0 Å². The Kier molecular flexibility index (Phi) is 6.96. The molecule has 41 heavy (non-hydrogen) atoms. The van der Waals surface area contributed by atoms with Crippen LogP contribution in [0.15, 0.2) is 24.4 Å². The van der Waals surface area contributed by atoms with Crippen molar-refractivity contribution < 1.29 is 15.0 Å². The number of aliphatic hydroxyl groups excluding tert-OH is 2. The van der Waals surface area contributed by atoms with Crippen LogP contribution in [0.1, 0.15) is 68.5 Å². The van der Waals surface area contributed by atoms with Crippen molar-refractivity contribution >= 4 is 34.4 Å². The largest absolute Gasteiger partial charge is 0.395 e. The molecule has 4 aliphatic rings. The second kappa shape index (κ2) is 10.8. The number of aliphatic hydroxyl groups is 2. The molecule has 0 aromatic carbocycles. The SMILES string of the molecule is CC(O)c1cc2cnc(Nc3ccc4c(n3)CCN(C(=O)[C@H]3CCCN3CCO)C4)nc2c(N2C3CCC2CC3)n1. The van der Waals surface area contributed by atoms with Gasteiger partial charge in [0.15, 0.2) is 5.82 Å². The Labute approximate surface area is 239 Å². The number of rotatable bonds is 7. The van der Waals surface area contributed by atoms with Crippen LogP contribution in [-0.4, -0.2) is 90.2 Å². The lowest BCUT2D eigenvalue weighted by molar-refractivity contribution is -0.137. The number of fused-ring (bicyclic) bond motifs is 4. The van der Waals surface area contributed by atoms with Gasteiger partial charge in [0.1, 0.15) is 11.3 Å². The molecular weight excluding hydrogens is 520 g/mol. The zero-order chi connectivity index (χ0) is 28.1. The summed E-state index contributed by atoms with van der Waals surface area (Å²) in [6.45, 7) is 4.42. The maximum absolute atomic E-state index is 13.3. The first-order valence-electron chi connectivity index (χ1n) is 15.0. The number of hydrogen-bond donors (Lipinski definition) is 3. The van der Waals surface area contributed by atoms with E-state index in [1.165, 1.54) is 25.7 Å². The Balaban J connectivity index is 1.11. The Hall–Kier alpha value is -3.41. The Bertz CT molecular complexity index is 1450. The number of aromatic nitrogens is 4. The lowest BCUT2D eigenvalue weighted by Gasteiger charge is -2.33. The molecular formula is C30H38N8O3. The highest BCUT2D eigenvalue weighted by atomic mass is 16.3. The number of carbonyl (C=O) groups excluding carboxylic acids is 1. The van der Waals surface area contributed by atoms with Gasteiger partial charge in [-0.2, -0.15) is 0 Å². The van der Waals surface area contributed by atoms with Crippen LogP contribution in [0.4, 0.5) is 17.6 Å². The van der Waals surface area contributed by atoms with Crippen LogP contribution in [0, 0.1) is 0 Å². The molecule has 7 heterocycles. The third-order valence-electron chi connectivity index (χ3n) is 9.33. The van der Waals surface area contributed by atoms with Crippen molar-refractivity contribution in [3.05, 3.63) is 41.3 Å². The minimum Gasteiger partial charge on any atom is -0.395 e. The van der Waals surface area contributed by atoms with Gasteiger partial charge in [0, 0.05) is 55.4 Å². The summed E-state index contributed by atoms with van der Waals surface area (Å²) >= 11 is 0. The zero-order valence-corrected chi connectivity index (χ0v) is 23.5. The number of anilines is 3. The van der Waals surface area contributed by atoms with E-state index >= 15 is 0 Å². The van der Waals surface area contributed by atoms with Crippen molar-refractivity contribution in [2.45, 2.75) is 82.6 Å². The highest BCUT2D eigenvalue weighted by Crippen LogP contribution is 2.42. The molecule has 3 aromatic rings. The first-order valence-corrected chi connectivity index (χ1v) is 15.0. The summed E-state index contributed by atoms with van der Waals surface area (Å²) in [5.74, 6) is 2.13. The molecule has 2 atom stereocenters. The van der Waals surface area contributed by atoms with Crippen molar-refractivity contribution in [2.24, 2.45) is 0 Å². The summed E-state index contributed by atoms with van der Waals surface area (Å²) in [5.41, 5.74) is 3.47. The quantitative estimate of drug-likeness (QED) is 0.398. The molecule has 216 valence electrons. The smallest absolute Gasteiger partial charge is 0.240 e.